The molecule has 446 valence electrons. The molecule has 83 heavy (non-hydrogen) atoms. The number of phenolic OH excluding ortho intramolecular Hbond substituents is 9. The minimum atomic E-state index is -2.53. The number of aromatic hydroxyl groups is 9. The van der Waals surface area contributed by atoms with Crippen molar-refractivity contribution in [2.24, 2.45) is 11.7 Å². The number of halogens is 2. The topological polar surface area (TPSA) is 501 Å². The van der Waals surface area contributed by atoms with Crippen molar-refractivity contribution < 1.29 is 105 Å². The van der Waals surface area contributed by atoms with E-state index in [1.807, 2.05) is 5.32 Å². The first kappa shape index (κ1) is 64.4. The number of rotatable bonds is 24. The summed E-state index contributed by atoms with van der Waals surface area (Å²) in [7, 11) is 1.42. The van der Waals surface area contributed by atoms with Gasteiger partial charge in [-0.2, -0.15) is 0 Å². The first-order chi connectivity index (χ1) is 38.8. The number of allylic oxidation sites excluding steroid dienone is 3. The summed E-state index contributed by atoms with van der Waals surface area (Å²) in [5.74, 6) is -20.8. The average Bonchev–Trinajstić information content (AvgIpc) is 3.60. The third-order valence-electron chi connectivity index (χ3n) is 12.6. The summed E-state index contributed by atoms with van der Waals surface area (Å²) < 4.78 is 0. The molecule has 0 bridgehead atoms. The number of likely N-dealkylation sites (N-methyl/N-ethyl adjacent to an activating group) is 1. The summed E-state index contributed by atoms with van der Waals surface area (Å²) in [4.78, 5) is 112. The smallest absolute Gasteiger partial charge is 0.330 e. The lowest BCUT2D eigenvalue weighted by molar-refractivity contribution is -0.183. The van der Waals surface area contributed by atoms with Gasteiger partial charge in [0.05, 0.1) is 28.3 Å². The van der Waals surface area contributed by atoms with E-state index in [0.29, 0.717) is 18.2 Å². The van der Waals surface area contributed by atoms with Crippen molar-refractivity contribution in [3.8, 4) is 51.7 Å². The molecule has 1 aliphatic rings. The molecular weight excluding hydrogens is 1140 g/mol. The highest BCUT2D eigenvalue weighted by Gasteiger charge is 2.42. The van der Waals surface area contributed by atoms with Crippen LogP contribution in [0.4, 0.5) is 0 Å². The Balaban J connectivity index is 1.60. The molecule has 29 nitrogen and oxygen atoms in total. The van der Waals surface area contributed by atoms with E-state index < -0.39 is 181 Å². The molecule has 0 saturated carbocycles. The standard InChI is InChI=1S/C52H58Cl2N8O21/c1-19(2)8-30(56-3)46(75)61-40(42(71)24-12-29(54)44(73)33(67)16-24)49(78)57-31(18-36(55)70)47(76)58-37(22-13-34(68)45(74)35(69)14-22)48(77)59-38(20-4-6-25(63)7-5-20)51(80)62(83)41(23-11-28(53)43(72)32(66)15-23)50(79)60-39(52(81)82)21-9-26(64)17-27(65)10-21/h4,6,9-17,19,30-31,37-42,56,63-69,71-74,83H,5,7-8,18H2,1-3H3,(H2,55,70)(H,57,78)(H,58,76)(H,59,77)(H,60,79)(H,61,75)(H,81,82)/t30-,31+,37-,38?,39?,40-,41+,42?/m1/s1. The fraction of sp³-hybridized carbons (Fsp3) is 0.308. The summed E-state index contributed by atoms with van der Waals surface area (Å²) in [6.45, 7) is 3.54. The van der Waals surface area contributed by atoms with Crippen LogP contribution in [-0.2, 0) is 38.4 Å². The van der Waals surface area contributed by atoms with Crippen LogP contribution in [-0.4, -0.2) is 150 Å². The molecule has 8 atom stereocenters. The summed E-state index contributed by atoms with van der Waals surface area (Å²) in [6, 6.07) is -7.89. The quantitative estimate of drug-likeness (QED) is 0.0267. The number of nitrogens with one attached hydrogen (secondary N) is 6. The molecule has 4 aromatic rings. The Morgan fingerprint density at radius 1 is 0.566 bits per heavy atom. The van der Waals surface area contributed by atoms with Gasteiger partial charge in [0.15, 0.2) is 52.3 Å². The Kier molecular flexibility index (Phi) is 21.2. The Morgan fingerprint density at radius 2 is 1.06 bits per heavy atom. The Bertz CT molecular complexity index is 3180. The van der Waals surface area contributed by atoms with Gasteiger partial charge in [0.1, 0.15) is 41.8 Å². The van der Waals surface area contributed by atoms with Crippen molar-refractivity contribution in [2.45, 2.75) is 87.9 Å². The number of amides is 7. The third kappa shape index (κ3) is 15.9. The highest BCUT2D eigenvalue weighted by Crippen LogP contribution is 2.40. The molecule has 0 radical (unpaired) electrons. The van der Waals surface area contributed by atoms with Crippen LogP contribution in [0.3, 0.4) is 0 Å². The fourth-order valence-corrected chi connectivity index (χ4v) is 8.93. The van der Waals surface area contributed by atoms with Crippen LogP contribution >= 0.6 is 23.2 Å². The van der Waals surface area contributed by atoms with E-state index in [4.69, 9.17) is 28.9 Å². The molecule has 5 rings (SSSR count). The zero-order chi connectivity index (χ0) is 62.1. The van der Waals surface area contributed by atoms with E-state index in [0.717, 1.165) is 48.6 Å². The number of aliphatic hydroxyl groups excluding tert-OH is 2. The number of phenols is 9. The number of carboxylic acids is 1. The second-order valence-corrected chi connectivity index (χ2v) is 20.0. The van der Waals surface area contributed by atoms with Gasteiger partial charge in [-0.1, -0.05) is 43.1 Å². The van der Waals surface area contributed by atoms with Crippen LogP contribution in [0, 0.1) is 5.92 Å². The molecule has 0 aromatic heterocycles. The Labute approximate surface area is 479 Å². The van der Waals surface area contributed by atoms with Gasteiger partial charge >= 0.3 is 5.97 Å². The summed E-state index contributed by atoms with van der Waals surface area (Å²) in [5, 5.41) is 149. The monoisotopic (exact) mass is 1200 g/mol. The van der Waals surface area contributed by atoms with Crippen LogP contribution < -0.4 is 37.6 Å². The maximum atomic E-state index is 14.9. The maximum absolute atomic E-state index is 14.9. The molecular formula is C52H58Cl2N8O21. The molecule has 0 heterocycles. The number of benzene rings is 4. The van der Waals surface area contributed by atoms with Crippen molar-refractivity contribution in [3.63, 3.8) is 0 Å². The average molecular weight is 1200 g/mol. The number of hydrogen-bond donors (Lipinski definition) is 20. The van der Waals surface area contributed by atoms with Crippen LogP contribution in [0.15, 0.2) is 78.1 Å². The van der Waals surface area contributed by atoms with Gasteiger partial charge in [-0.25, -0.2) is 9.86 Å². The second-order valence-electron chi connectivity index (χ2n) is 19.2. The molecule has 3 unspecified atom stereocenters. The summed E-state index contributed by atoms with van der Waals surface area (Å²) in [5.41, 5.74) is 3.16. The summed E-state index contributed by atoms with van der Waals surface area (Å²) >= 11 is 12.1. The number of nitrogens with two attached hydrogens (primary N) is 1. The lowest BCUT2D eigenvalue weighted by Gasteiger charge is -2.32. The van der Waals surface area contributed by atoms with Crippen molar-refractivity contribution in [1.82, 2.24) is 37.0 Å². The Hall–Kier alpha value is -9.42. The van der Waals surface area contributed by atoms with E-state index in [2.05, 4.69) is 26.6 Å². The van der Waals surface area contributed by atoms with Gasteiger partial charge in [-0.15, -0.1) is 0 Å². The number of nitrogens with zero attached hydrogens (tertiary/aromatic N) is 1. The predicted molar refractivity (Wildman–Crippen MR) is 286 cm³/mol. The largest absolute Gasteiger partial charge is 0.512 e. The first-order valence-corrected chi connectivity index (χ1v) is 25.3. The van der Waals surface area contributed by atoms with E-state index in [1.165, 1.54) is 7.05 Å². The van der Waals surface area contributed by atoms with E-state index in [9.17, 15) is 105 Å². The molecule has 21 N–H and O–H groups in total. The van der Waals surface area contributed by atoms with Gasteiger partial charge < -0.3 is 98.9 Å². The van der Waals surface area contributed by atoms with Gasteiger partial charge in [0.2, 0.25) is 29.5 Å². The zero-order valence-electron chi connectivity index (χ0n) is 43.7. The normalized spacial score (nSPS) is 15.1. The number of carbonyl (C=O) groups excluding carboxylic acids is 7. The van der Waals surface area contributed by atoms with Crippen molar-refractivity contribution in [1.29, 1.82) is 0 Å². The number of carboxylic acid groups (broad SMARTS) is 1. The number of aliphatic carboxylic acids is 1. The highest BCUT2D eigenvalue weighted by molar-refractivity contribution is 6.32. The number of hydrogen-bond acceptors (Lipinski definition) is 21. The van der Waals surface area contributed by atoms with E-state index >= 15 is 0 Å². The predicted octanol–water partition coefficient (Wildman–Crippen LogP) is 1.26. The maximum Gasteiger partial charge on any atom is 0.330 e. The molecule has 0 aliphatic heterocycles. The molecule has 4 aromatic carbocycles. The van der Waals surface area contributed by atoms with Gasteiger partial charge in [0.25, 0.3) is 11.8 Å². The van der Waals surface area contributed by atoms with E-state index in [1.54, 1.807) is 13.8 Å². The van der Waals surface area contributed by atoms with E-state index in [-0.39, 0.29) is 47.1 Å². The SMILES string of the molecule is CN[C@H](CC(C)C)C(=O)N[C@@H](C(=O)N[C@@H](CC(N)=O)C(=O)N[C@@H](C(=O)NC(C(=O)N(O)[C@H](C(=O)NC(C(=O)O)c1cc(O)cc(O)c1)c1cc(O)c(O)c(Cl)c1)C1=CC=C(O)CC1)c1cc(O)c(O)c(O)c1)C(O)c1cc(O)c(O)c(Cl)c1. The van der Waals surface area contributed by atoms with Crippen molar-refractivity contribution in [2.75, 3.05) is 7.05 Å². The number of carbonyl (C=O) groups is 8. The lowest BCUT2D eigenvalue weighted by atomic mass is 9.94. The zero-order valence-corrected chi connectivity index (χ0v) is 45.2. The third-order valence-corrected chi connectivity index (χ3v) is 13.2. The second kappa shape index (κ2) is 27.4. The first-order valence-electron chi connectivity index (χ1n) is 24.5. The number of hydroxylamine groups is 2. The lowest BCUT2D eigenvalue weighted by Crippen LogP contribution is -2.59. The minimum Gasteiger partial charge on any atom is -0.512 e. The van der Waals surface area contributed by atoms with Crippen LogP contribution in [0.1, 0.15) is 86.0 Å². The van der Waals surface area contributed by atoms with Crippen LogP contribution in [0.5, 0.6) is 51.7 Å². The van der Waals surface area contributed by atoms with Crippen molar-refractivity contribution in [3.05, 3.63) is 110 Å². The molecule has 0 saturated heterocycles. The Morgan fingerprint density at radius 3 is 1.57 bits per heavy atom. The number of primary amides is 1. The number of aliphatic hydroxyl groups is 2. The van der Waals surface area contributed by atoms with Gasteiger partial charge in [-0.3, -0.25) is 38.8 Å². The van der Waals surface area contributed by atoms with Gasteiger partial charge in [-0.05, 0) is 108 Å². The fourth-order valence-electron chi connectivity index (χ4n) is 8.49. The molecule has 0 fully saturated rings. The van der Waals surface area contributed by atoms with Gasteiger partial charge in [0, 0.05) is 12.5 Å². The summed E-state index contributed by atoms with van der Waals surface area (Å²) in [6.07, 6.45) is -1.59. The molecule has 1 aliphatic carbocycles. The van der Waals surface area contributed by atoms with Crippen molar-refractivity contribution >= 4 is 70.5 Å². The molecule has 31 heteroatoms. The van der Waals surface area contributed by atoms with Crippen LogP contribution in [0.2, 0.25) is 10.0 Å². The minimum absolute atomic E-state index is 0.118. The highest BCUT2D eigenvalue weighted by atomic mass is 35.5. The molecule has 0 spiro atoms. The molecule has 7 amide bonds. The van der Waals surface area contributed by atoms with Crippen LogP contribution in [0.25, 0.3) is 0 Å².